The zero-order valence-electron chi connectivity index (χ0n) is 15.5. The number of nitrogens with zero attached hydrogens (tertiary/aromatic N) is 2. The molecule has 25 heavy (non-hydrogen) atoms. The Hall–Kier alpha value is -1.31. The number of amides is 1. The van der Waals surface area contributed by atoms with Crippen molar-refractivity contribution in [1.82, 2.24) is 15.5 Å². The van der Waals surface area contributed by atoms with E-state index >= 15 is 0 Å². The summed E-state index contributed by atoms with van der Waals surface area (Å²) in [6.07, 6.45) is 1.28. The first kappa shape index (κ1) is 21.7. The summed E-state index contributed by atoms with van der Waals surface area (Å²) in [6, 6.07) is 9.28. The Labute approximate surface area is 168 Å². The van der Waals surface area contributed by atoms with Crippen LogP contribution in [0.4, 0.5) is 0 Å². The summed E-state index contributed by atoms with van der Waals surface area (Å²) in [4.78, 5) is 19.1. The minimum atomic E-state index is -0.0454. The van der Waals surface area contributed by atoms with Crippen LogP contribution in [-0.4, -0.2) is 49.5 Å². The number of benzene rings is 1. The van der Waals surface area contributed by atoms with Crippen LogP contribution in [0, 0.1) is 11.8 Å². The van der Waals surface area contributed by atoms with Gasteiger partial charge in [0.1, 0.15) is 0 Å². The van der Waals surface area contributed by atoms with Crippen molar-refractivity contribution >= 4 is 35.8 Å². The molecule has 2 N–H and O–H groups in total. The molecule has 1 aliphatic rings. The molecule has 1 aromatic rings. The molecular weight excluding hydrogens is 427 g/mol. The molecule has 1 fully saturated rings. The third-order valence-corrected chi connectivity index (χ3v) is 4.20. The lowest BCUT2D eigenvalue weighted by atomic mass is 9.92. The highest BCUT2D eigenvalue weighted by molar-refractivity contribution is 14.0. The fourth-order valence-corrected chi connectivity index (χ4v) is 3.28. The van der Waals surface area contributed by atoms with E-state index in [-0.39, 0.29) is 29.9 Å². The average Bonchev–Trinajstić information content (AvgIpc) is 2.57. The molecule has 0 bridgehead atoms. The zero-order valence-corrected chi connectivity index (χ0v) is 17.8. The SMILES string of the molecule is CCNC(=NCCNC(=O)c1ccccc1)N1CC(C)CC(C)C1.I. The van der Waals surface area contributed by atoms with Gasteiger partial charge >= 0.3 is 0 Å². The minimum Gasteiger partial charge on any atom is -0.357 e. The van der Waals surface area contributed by atoms with E-state index in [1.165, 1.54) is 6.42 Å². The summed E-state index contributed by atoms with van der Waals surface area (Å²) in [7, 11) is 0. The molecule has 2 unspecified atom stereocenters. The summed E-state index contributed by atoms with van der Waals surface area (Å²) in [6.45, 7) is 10.8. The largest absolute Gasteiger partial charge is 0.357 e. The van der Waals surface area contributed by atoms with Crippen molar-refractivity contribution in [1.29, 1.82) is 0 Å². The van der Waals surface area contributed by atoms with E-state index in [2.05, 4.69) is 41.3 Å². The molecule has 140 valence electrons. The molecule has 6 heteroatoms. The Morgan fingerprint density at radius 3 is 2.40 bits per heavy atom. The topological polar surface area (TPSA) is 56.7 Å². The normalized spacial score (nSPS) is 20.6. The lowest BCUT2D eigenvalue weighted by molar-refractivity contribution is 0.0955. The van der Waals surface area contributed by atoms with Gasteiger partial charge in [-0.3, -0.25) is 9.79 Å². The summed E-state index contributed by atoms with van der Waals surface area (Å²) in [5, 5.41) is 6.30. The van der Waals surface area contributed by atoms with Crippen LogP contribution in [0.3, 0.4) is 0 Å². The first-order chi connectivity index (χ1) is 11.6. The monoisotopic (exact) mass is 458 g/mol. The summed E-state index contributed by atoms with van der Waals surface area (Å²) in [5.41, 5.74) is 0.687. The van der Waals surface area contributed by atoms with E-state index in [1.807, 2.05) is 30.3 Å². The Balaban J connectivity index is 0.00000312. The summed E-state index contributed by atoms with van der Waals surface area (Å²) < 4.78 is 0. The third kappa shape index (κ3) is 7.22. The second-order valence-corrected chi connectivity index (χ2v) is 6.71. The van der Waals surface area contributed by atoms with Crippen molar-refractivity contribution < 1.29 is 4.79 Å². The van der Waals surface area contributed by atoms with Crippen molar-refractivity contribution in [3.05, 3.63) is 35.9 Å². The Kier molecular flexibility index (Phi) is 9.85. The number of likely N-dealkylation sites (tertiary alicyclic amines) is 1. The number of carbonyl (C=O) groups is 1. The fraction of sp³-hybridized carbons (Fsp3) is 0.579. The van der Waals surface area contributed by atoms with Crippen LogP contribution in [0.5, 0.6) is 0 Å². The highest BCUT2D eigenvalue weighted by atomic mass is 127. The van der Waals surface area contributed by atoms with Gasteiger partial charge in [-0.1, -0.05) is 32.0 Å². The molecule has 0 saturated carbocycles. The molecule has 0 spiro atoms. The zero-order chi connectivity index (χ0) is 17.4. The van der Waals surface area contributed by atoms with Crippen molar-refractivity contribution in [2.75, 3.05) is 32.7 Å². The number of carbonyl (C=O) groups excluding carboxylic acids is 1. The maximum Gasteiger partial charge on any atom is 0.251 e. The Morgan fingerprint density at radius 2 is 1.80 bits per heavy atom. The van der Waals surface area contributed by atoms with Gasteiger partial charge in [-0.05, 0) is 37.3 Å². The second kappa shape index (κ2) is 11.3. The van der Waals surface area contributed by atoms with Gasteiger partial charge in [0.2, 0.25) is 0 Å². The predicted molar refractivity (Wildman–Crippen MR) is 115 cm³/mol. The maximum absolute atomic E-state index is 12.0. The molecule has 0 aliphatic carbocycles. The number of guanidine groups is 1. The van der Waals surface area contributed by atoms with E-state index < -0.39 is 0 Å². The van der Waals surface area contributed by atoms with Gasteiger partial charge < -0.3 is 15.5 Å². The Morgan fingerprint density at radius 1 is 1.16 bits per heavy atom. The summed E-state index contributed by atoms with van der Waals surface area (Å²) >= 11 is 0. The maximum atomic E-state index is 12.0. The first-order valence-electron chi connectivity index (χ1n) is 8.96. The molecule has 1 saturated heterocycles. The lowest BCUT2D eigenvalue weighted by Crippen LogP contribution is -2.48. The molecule has 1 heterocycles. The van der Waals surface area contributed by atoms with E-state index in [1.54, 1.807) is 0 Å². The van der Waals surface area contributed by atoms with Crippen LogP contribution < -0.4 is 10.6 Å². The van der Waals surface area contributed by atoms with Gasteiger partial charge in [-0.25, -0.2) is 0 Å². The van der Waals surface area contributed by atoms with Crippen LogP contribution in [0.15, 0.2) is 35.3 Å². The van der Waals surface area contributed by atoms with E-state index in [4.69, 9.17) is 0 Å². The third-order valence-electron chi connectivity index (χ3n) is 4.20. The van der Waals surface area contributed by atoms with Crippen molar-refractivity contribution in [2.45, 2.75) is 27.2 Å². The number of halogens is 1. The number of hydrogen-bond acceptors (Lipinski definition) is 2. The minimum absolute atomic E-state index is 0. The van der Waals surface area contributed by atoms with Crippen molar-refractivity contribution in [3.63, 3.8) is 0 Å². The number of piperidine rings is 1. The highest BCUT2D eigenvalue weighted by Crippen LogP contribution is 2.20. The van der Waals surface area contributed by atoms with Gasteiger partial charge in [0.05, 0.1) is 6.54 Å². The van der Waals surface area contributed by atoms with Gasteiger partial charge in [0, 0.05) is 31.7 Å². The molecule has 0 aromatic heterocycles. The average molecular weight is 458 g/mol. The highest BCUT2D eigenvalue weighted by Gasteiger charge is 2.23. The smallest absolute Gasteiger partial charge is 0.251 e. The van der Waals surface area contributed by atoms with Gasteiger partial charge in [0.15, 0.2) is 5.96 Å². The summed E-state index contributed by atoms with van der Waals surface area (Å²) in [5.74, 6) is 2.30. The molecule has 1 amide bonds. The van der Waals surface area contributed by atoms with Crippen LogP contribution in [0.2, 0.25) is 0 Å². The number of aliphatic imine (C=N–C) groups is 1. The van der Waals surface area contributed by atoms with Crippen LogP contribution in [0.25, 0.3) is 0 Å². The van der Waals surface area contributed by atoms with Crippen LogP contribution >= 0.6 is 24.0 Å². The van der Waals surface area contributed by atoms with Crippen molar-refractivity contribution in [2.24, 2.45) is 16.8 Å². The number of nitrogens with one attached hydrogen (secondary N) is 2. The molecule has 2 atom stereocenters. The molecular formula is C19H31IN4O. The molecule has 0 radical (unpaired) electrons. The van der Waals surface area contributed by atoms with Crippen LogP contribution in [0.1, 0.15) is 37.6 Å². The van der Waals surface area contributed by atoms with E-state index in [0.717, 1.165) is 25.6 Å². The fourth-order valence-electron chi connectivity index (χ4n) is 3.28. The second-order valence-electron chi connectivity index (χ2n) is 6.71. The predicted octanol–water partition coefficient (Wildman–Crippen LogP) is 2.98. The molecule has 2 rings (SSSR count). The number of hydrogen-bond donors (Lipinski definition) is 2. The van der Waals surface area contributed by atoms with Crippen LogP contribution in [-0.2, 0) is 0 Å². The van der Waals surface area contributed by atoms with Crippen molar-refractivity contribution in [3.8, 4) is 0 Å². The quantitative estimate of drug-likeness (QED) is 0.309. The van der Waals surface area contributed by atoms with E-state index in [9.17, 15) is 4.79 Å². The first-order valence-corrected chi connectivity index (χ1v) is 8.96. The molecule has 5 nitrogen and oxygen atoms in total. The number of rotatable bonds is 5. The van der Waals surface area contributed by atoms with Gasteiger partial charge in [-0.2, -0.15) is 0 Å². The van der Waals surface area contributed by atoms with Gasteiger partial charge in [-0.15, -0.1) is 24.0 Å². The Bertz CT molecular complexity index is 540. The van der Waals surface area contributed by atoms with Gasteiger partial charge in [0.25, 0.3) is 5.91 Å². The molecule has 1 aromatic carbocycles. The lowest BCUT2D eigenvalue weighted by Gasteiger charge is -2.37. The standard InChI is InChI=1S/C19H30N4O.HI/c1-4-20-19(23-13-15(2)12-16(3)14-23)22-11-10-21-18(24)17-8-6-5-7-9-17;/h5-9,15-16H,4,10-14H2,1-3H3,(H,20,22)(H,21,24);1H. The molecule has 1 aliphatic heterocycles. The van der Waals surface area contributed by atoms with E-state index in [0.29, 0.717) is 30.5 Å².